The van der Waals surface area contributed by atoms with Crippen molar-refractivity contribution in [1.82, 2.24) is 4.31 Å². The van der Waals surface area contributed by atoms with Gasteiger partial charge in [-0.05, 0) is 37.0 Å². The third kappa shape index (κ3) is 4.07. The molecule has 1 aliphatic carbocycles. The molecule has 4 nitrogen and oxygen atoms in total. The molecule has 0 radical (unpaired) electrons. The highest BCUT2D eigenvalue weighted by molar-refractivity contribution is 7.89. The Kier molecular flexibility index (Phi) is 5.40. The predicted octanol–water partition coefficient (Wildman–Crippen LogP) is 1.84. The van der Waals surface area contributed by atoms with Crippen molar-refractivity contribution in [1.29, 1.82) is 0 Å². The van der Waals surface area contributed by atoms with Gasteiger partial charge in [-0.1, -0.05) is 24.3 Å². The lowest BCUT2D eigenvalue weighted by atomic mass is 9.86. The molecule has 1 aliphatic rings. The van der Waals surface area contributed by atoms with Gasteiger partial charge in [-0.3, -0.25) is 0 Å². The molecular weight excluding hydrogens is 286 g/mol. The minimum Gasteiger partial charge on any atom is -0.395 e. The van der Waals surface area contributed by atoms with Gasteiger partial charge >= 0.3 is 0 Å². The third-order valence-corrected chi connectivity index (χ3v) is 5.57. The fourth-order valence-corrected chi connectivity index (χ4v) is 3.57. The number of hydrogen-bond donors (Lipinski definition) is 1. The molecule has 1 aromatic rings. The van der Waals surface area contributed by atoms with Gasteiger partial charge < -0.3 is 5.11 Å². The van der Waals surface area contributed by atoms with Crippen LogP contribution in [-0.4, -0.2) is 38.0 Å². The van der Waals surface area contributed by atoms with E-state index in [1.165, 1.54) is 10.7 Å². The lowest BCUT2D eigenvalue weighted by Crippen LogP contribution is -2.34. The van der Waals surface area contributed by atoms with E-state index in [4.69, 9.17) is 5.11 Å². The van der Waals surface area contributed by atoms with Crippen LogP contribution in [0.5, 0.6) is 0 Å². The SMILES string of the molecule is CN(CC1CCC1)S(=O)(=O)c1cccc(C#CCCO)c1. The highest BCUT2D eigenvalue weighted by Gasteiger charge is 2.26. The molecule has 0 saturated heterocycles. The summed E-state index contributed by atoms with van der Waals surface area (Å²) < 4.78 is 26.5. The fraction of sp³-hybridized carbons (Fsp3) is 0.500. The van der Waals surface area contributed by atoms with E-state index in [9.17, 15) is 8.42 Å². The molecule has 0 amide bonds. The van der Waals surface area contributed by atoms with Crippen molar-refractivity contribution < 1.29 is 13.5 Å². The van der Waals surface area contributed by atoms with Crippen LogP contribution in [-0.2, 0) is 10.0 Å². The maximum absolute atomic E-state index is 12.5. The molecule has 0 unspecified atom stereocenters. The van der Waals surface area contributed by atoms with Crippen LogP contribution in [0.3, 0.4) is 0 Å². The summed E-state index contributed by atoms with van der Waals surface area (Å²) in [6.07, 6.45) is 3.83. The van der Waals surface area contributed by atoms with Crippen LogP contribution in [0.15, 0.2) is 29.2 Å². The van der Waals surface area contributed by atoms with Crippen molar-refractivity contribution in [2.45, 2.75) is 30.6 Å². The van der Waals surface area contributed by atoms with E-state index < -0.39 is 10.0 Å². The van der Waals surface area contributed by atoms with E-state index >= 15 is 0 Å². The van der Waals surface area contributed by atoms with Crippen LogP contribution in [0.1, 0.15) is 31.2 Å². The van der Waals surface area contributed by atoms with E-state index in [2.05, 4.69) is 11.8 Å². The predicted molar refractivity (Wildman–Crippen MR) is 82.2 cm³/mol. The summed E-state index contributed by atoms with van der Waals surface area (Å²) in [6, 6.07) is 6.67. The van der Waals surface area contributed by atoms with Crippen LogP contribution in [0.4, 0.5) is 0 Å². The van der Waals surface area contributed by atoms with Crippen LogP contribution in [0, 0.1) is 17.8 Å². The number of benzene rings is 1. The highest BCUT2D eigenvalue weighted by Crippen LogP contribution is 2.28. The first-order valence-electron chi connectivity index (χ1n) is 7.20. The first-order chi connectivity index (χ1) is 10.0. The minimum atomic E-state index is -3.45. The molecule has 2 rings (SSSR count). The second-order valence-electron chi connectivity index (χ2n) is 5.39. The van der Waals surface area contributed by atoms with E-state index in [0.29, 0.717) is 24.4 Å². The lowest BCUT2D eigenvalue weighted by molar-refractivity contribution is 0.263. The average Bonchev–Trinajstić information content (AvgIpc) is 2.43. The van der Waals surface area contributed by atoms with E-state index in [0.717, 1.165) is 12.8 Å². The molecule has 1 aromatic carbocycles. The van der Waals surface area contributed by atoms with Gasteiger partial charge in [0, 0.05) is 25.6 Å². The van der Waals surface area contributed by atoms with Gasteiger partial charge in [0.15, 0.2) is 0 Å². The summed E-state index contributed by atoms with van der Waals surface area (Å²) in [6.45, 7) is 0.595. The van der Waals surface area contributed by atoms with Gasteiger partial charge in [0.1, 0.15) is 0 Å². The molecule has 0 atom stereocenters. The molecule has 1 saturated carbocycles. The molecule has 0 heterocycles. The number of aliphatic hydroxyl groups excluding tert-OH is 1. The normalized spacial score (nSPS) is 15.4. The summed E-state index contributed by atoms with van der Waals surface area (Å²) >= 11 is 0. The first kappa shape index (κ1) is 16.0. The zero-order valence-electron chi connectivity index (χ0n) is 12.2. The molecular formula is C16H21NO3S. The maximum Gasteiger partial charge on any atom is 0.242 e. The quantitative estimate of drug-likeness (QED) is 0.845. The second-order valence-corrected chi connectivity index (χ2v) is 7.43. The summed E-state index contributed by atoms with van der Waals surface area (Å²) in [5.74, 6) is 6.17. The minimum absolute atomic E-state index is 0.00904. The number of sulfonamides is 1. The lowest BCUT2D eigenvalue weighted by Gasteiger charge is -2.29. The summed E-state index contributed by atoms with van der Waals surface area (Å²) in [5, 5.41) is 8.71. The Morgan fingerprint density at radius 3 is 2.76 bits per heavy atom. The highest BCUT2D eigenvalue weighted by atomic mass is 32.2. The molecule has 0 bridgehead atoms. The summed E-state index contributed by atoms with van der Waals surface area (Å²) in [7, 11) is -1.81. The van der Waals surface area contributed by atoms with Crippen LogP contribution >= 0.6 is 0 Å². The first-order valence-corrected chi connectivity index (χ1v) is 8.64. The standard InChI is InChI=1S/C16H21NO3S/c1-17(13-15-8-4-9-15)21(19,20)16-10-5-7-14(12-16)6-2-3-11-18/h5,7,10,12,15,18H,3-4,8-9,11,13H2,1H3. The second kappa shape index (κ2) is 7.08. The Labute approximate surface area is 126 Å². The van der Waals surface area contributed by atoms with Gasteiger partial charge in [-0.2, -0.15) is 0 Å². The van der Waals surface area contributed by atoms with Gasteiger partial charge in [0.2, 0.25) is 10.0 Å². The zero-order valence-corrected chi connectivity index (χ0v) is 13.1. The number of aliphatic hydroxyl groups is 1. The van der Waals surface area contributed by atoms with E-state index in [-0.39, 0.29) is 11.5 Å². The van der Waals surface area contributed by atoms with Crippen molar-refractivity contribution in [3.05, 3.63) is 29.8 Å². The summed E-state index contributed by atoms with van der Waals surface area (Å²) in [4.78, 5) is 0.278. The van der Waals surface area contributed by atoms with Gasteiger partial charge in [-0.25, -0.2) is 12.7 Å². The number of rotatable bonds is 5. The van der Waals surface area contributed by atoms with Crippen LogP contribution < -0.4 is 0 Å². The molecule has 1 N–H and O–H groups in total. The third-order valence-electron chi connectivity index (χ3n) is 3.75. The molecule has 0 aromatic heterocycles. The molecule has 114 valence electrons. The summed E-state index contributed by atoms with van der Waals surface area (Å²) in [5.41, 5.74) is 0.654. The molecule has 1 fully saturated rings. The zero-order chi connectivity index (χ0) is 15.3. The molecule has 0 spiro atoms. The maximum atomic E-state index is 12.5. The Morgan fingerprint density at radius 2 is 2.14 bits per heavy atom. The Morgan fingerprint density at radius 1 is 1.38 bits per heavy atom. The Hall–Kier alpha value is -1.35. The molecule has 0 aliphatic heterocycles. The van der Waals surface area contributed by atoms with Crippen molar-refractivity contribution in [2.75, 3.05) is 20.2 Å². The largest absolute Gasteiger partial charge is 0.395 e. The number of hydrogen-bond acceptors (Lipinski definition) is 3. The smallest absolute Gasteiger partial charge is 0.242 e. The number of nitrogens with zero attached hydrogens (tertiary/aromatic N) is 1. The topological polar surface area (TPSA) is 57.6 Å². The van der Waals surface area contributed by atoms with E-state index in [1.807, 2.05) is 0 Å². The molecule has 21 heavy (non-hydrogen) atoms. The van der Waals surface area contributed by atoms with Crippen molar-refractivity contribution >= 4 is 10.0 Å². The average molecular weight is 307 g/mol. The Balaban J connectivity index is 2.15. The van der Waals surface area contributed by atoms with Crippen LogP contribution in [0.2, 0.25) is 0 Å². The van der Waals surface area contributed by atoms with E-state index in [1.54, 1.807) is 31.3 Å². The van der Waals surface area contributed by atoms with Gasteiger partial charge in [0.25, 0.3) is 0 Å². The Bertz CT molecular complexity index is 639. The van der Waals surface area contributed by atoms with Crippen LogP contribution in [0.25, 0.3) is 0 Å². The fourth-order valence-electron chi connectivity index (χ4n) is 2.27. The van der Waals surface area contributed by atoms with Gasteiger partial charge in [0.05, 0.1) is 11.5 Å². The van der Waals surface area contributed by atoms with Crippen molar-refractivity contribution in [3.8, 4) is 11.8 Å². The monoisotopic (exact) mass is 307 g/mol. The van der Waals surface area contributed by atoms with Crippen molar-refractivity contribution in [2.24, 2.45) is 5.92 Å². The van der Waals surface area contributed by atoms with Gasteiger partial charge in [-0.15, -0.1) is 0 Å². The van der Waals surface area contributed by atoms with Crippen molar-refractivity contribution in [3.63, 3.8) is 0 Å². The molecule has 5 heteroatoms.